The summed E-state index contributed by atoms with van der Waals surface area (Å²) in [6.07, 6.45) is 0.717. The van der Waals surface area contributed by atoms with Crippen LogP contribution in [0, 0.1) is 0 Å². The fraction of sp³-hybridized carbons (Fsp3) is 0.562. The largest absolute Gasteiger partial charge is 0.490 e. The van der Waals surface area contributed by atoms with Gasteiger partial charge in [0.2, 0.25) is 5.91 Å². The van der Waals surface area contributed by atoms with Crippen LogP contribution < -0.4 is 20.5 Å². The normalized spacial score (nSPS) is 11.1. The van der Waals surface area contributed by atoms with Gasteiger partial charge >= 0.3 is 0 Å². The van der Waals surface area contributed by atoms with E-state index >= 15 is 0 Å². The number of carbonyl (C=O) groups is 1. The van der Waals surface area contributed by atoms with Gasteiger partial charge in [-0.3, -0.25) is 4.79 Å². The lowest BCUT2D eigenvalue weighted by atomic mass is 10.1. The number of ether oxygens (including phenoxy) is 2. The average Bonchev–Trinajstić information content (AvgIpc) is 2.41. The Labute approximate surface area is 126 Å². The highest BCUT2D eigenvalue weighted by atomic mass is 16.5. The smallest absolute Gasteiger partial charge is 0.239 e. The molecule has 0 radical (unpaired) electrons. The van der Waals surface area contributed by atoms with Crippen molar-refractivity contribution in [3.8, 4) is 11.5 Å². The molecule has 0 aliphatic rings. The molecule has 21 heavy (non-hydrogen) atoms. The minimum absolute atomic E-state index is 0.154. The Morgan fingerprint density at radius 3 is 2.38 bits per heavy atom. The molecule has 5 heteroatoms. The van der Waals surface area contributed by atoms with Crippen LogP contribution in [0.25, 0.3) is 0 Å². The molecule has 1 aromatic rings. The lowest BCUT2D eigenvalue weighted by Crippen LogP contribution is -2.49. The SMILES string of the molecule is CCOc1ccc(CCNC(=O)C(C)(C)N)cc1OCC. The summed E-state index contributed by atoms with van der Waals surface area (Å²) in [5, 5.41) is 2.83. The number of hydrogen-bond donors (Lipinski definition) is 2. The van der Waals surface area contributed by atoms with E-state index in [2.05, 4.69) is 5.32 Å². The molecule has 0 saturated heterocycles. The molecule has 0 spiro atoms. The van der Waals surface area contributed by atoms with Crippen molar-refractivity contribution in [2.45, 2.75) is 39.7 Å². The molecule has 0 aliphatic carbocycles. The van der Waals surface area contributed by atoms with E-state index in [4.69, 9.17) is 15.2 Å². The first-order valence-corrected chi connectivity index (χ1v) is 7.34. The Kier molecular flexibility index (Phi) is 6.49. The quantitative estimate of drug-likeness (QED) is 0.768. The van der Waals surface area contributed by atoms with Gasteiger partial charge in [0, 0.05) is 6.54 Å². The predicted octanol–water partition coefficient (Wildman–Crippen LogP) is 1.88. The van der Waals surface area contributed by atoms with E-state index < -0.39 is 5.54 Å². The molecule has 5 nitrogen and oxygen atoms in total. The van der Waals surface area contributed by atoms with Crippen LogP contribution >= 0.6 is 0 Å². The third-order valence-corrected chi connectivity index (χ3v) is 2.89. The van der Waals surface area contributed by atoms with Gasteiger partial charge in [-0.05, 0) is 51.8 Å². The van der Waals surface area contributed by atoms with Crippen molar-refractivity contribution in [2.75, 3.05) is 19.8 Å². The van der Waals surface area contributed by atoms with Crippen LogP contribution in [-0.4, -0.2) is 31.2 Å². The van der Waals surface area contributed by atoms with Gasteiger partial charge in [0.25, 0.3) is 0 Å². The molecule has 0 bridgehead atoms. The molecule has 0 fully saturated rings. The van der Waals surface area contributed by atoms with E-state index in [0.29, 0.717) is 26.2 Å². The van der Waals surface area contributed by atoms with Gasteiger partial charge in [0.1, 0.15) is 0 Å². The van der Waals surface area contributed by atoms with Gasteiger partial charge in [-0.1, -0.05) is 6.07 Å². The number of nitrogens with one attached hydrogen (secondary N) is 1. The zero-order chi connectivity index (χ0) is 15.9. The molecule has 1 amide bonds. The van der Waals surface area contributed by atoms with E-state index in [0.717, 1.165) is 17.1 Å². The summed E-state index contributed by atoms with van der Waals surface area (Å²) in [5.41, 5.74) is 5.96. The van der Waals surface area contributed by atoms with Gasteiger partial charge in [-0.2, -0.15) is 0 Å². The Hall–Kier alpha value is -1.75. The first-order valence-electron chi connectivity index (χ1n) is 7.34. The van der Waals surface area contributed by atoms with Crippen LogP contribution in [-0.2, 0) is 11.2 Å². The van der Waals surface area contributed by atoms with E-state index in [1.807, 2.05) is 32.0 Å². The molecular formula is C16H26N2O3. The average molecular weight is 294 g/mol. The second-order valence-corrected chi connectivity index (χ2v) is 5.37. The Bertz CT molecular complexity index is 467. The highest BCUT2D eigenvalue weighted by Crippen LogP contribution is 2.28. The summed E-state index contributed by atoms with van der Waals surface area (Å²) < 4.78 is 11.1. The third-order valence-electron chi connectivity index (χ3n) is 2.89. The van der Waals surface area contributed by atoms with Gasteiger partial charge < -0.3 is 20.5 Å². The number of rotatable bonds is 8. The number of benzene rings is 1. The number of hydrogen-bond acceptors (Lipinski definition) is 4. The molecule has 0 unspecified atom stereocenters. The Morgan fingerprint density at radius 1 is 1.19 bits per heavy atom. The van der Waals surface area contributed by atoms with Gasteiger partial charge in [0.05, 0.1) is 18.8 Å². The molecule has 3 N–H and O–H groups in total. The fourth-order valence-electron chi connectivity index (χ4n) is 1.80. The maximum Gasteiger partial charge on any atom is 0.239 e. The van der Waals surface area contributed by atoms with E-state index in [1.54, 1.807) is 13.8 Å². The van der Waals surface area contributed by atoms with Crippen LogP contribution in [0.1, 0.15) is 33.3 Å². The molecule has 0 aliphatic heterocycles. The van der Waals surface area contributed by atoms with E-state index in [1.165, 1.54) is 0 Å². The monoisotopic (exact) mass is 294 g/mol. The lowest BCUT2D eigenvalue weighted by molar-refractivity contribution is -0.125. The van der Waals surface area contributed by atoms with Crippen LogP contribution in [0.5, 0.6) is 11.5 Å². The summed E-state index contributed by atoms with van der Waals surface area (Å²) in [6, 6.07) is 5.83. The van der Waals surface area contributed by atoms with Crippen molar-refractivity contribution < 1.29 is 14.3 Å². The zero-order valence-electron chi connectivity index (χ0n) is 13.4. The Balaban J connectivity index is 2.63. The number of carbonyl (C=O) groups excluding carboxylic acids is 1. The van der Waals surface area contributed by atoms with Crippen LogP contribution in [0.3, 0.4) is 0 Å². The first-order chi connectivity index (χ1) is 9.88. The van der Waals surface area contributed by atoms with E-state index in [9.17, 15) is 4.79 Å². The molecule has 1 rings (SSSR count). The van der Waals surface area contributed by atoms with Gasteiger partial charge in [0.15, 0.2) is 11.5 Å². The van der Waals surface area contributed by atoms with E-state index in [-0.39, 0.29) is 5.91 Å². The molecular weight excluding hydrogens is 268 g/mol. The van der Waals surface area contributed by atoms with Gasteiger partial charge in [-0.15, -0.1) is 0 Å². The third kappa shape index (κ3) is 5.63. The molecule has 1 aromatic carbocycles. The van der Waals surface area contributed by atoms with Crippen molar-refractivity contribution >= 4 is 5.91 Å². The summed E-state index contributed by atoms with van der Waals surface area (Å²) in [6.45, 7) is 8.97. The minimum Gasteiger partial charge on any atom is -0.490 e. The first kappa shape index (κ1) is 17.3. The van der Waals surface area contributed by atoms with Gasteiger partial charge in [-0.25, -0.2) is 0 Å². The van der Waals surface area contributed by atoms with Crippen LogP contribution in [0.2, 0.25) is 0 Å². The standard InChI is InChI=1S/C16H26N2O3/c1-5-20-13-8-7-12(11-14(13)21-6-2)9-10-18-15(19)16(3,4)17/h7-8,11H,5-6,9-10,17H2,1-4H3,(H,18,19). The lowest BCUT2D eigenvalue weighted by Gasteiger charge is -2.18. The van der Waals surface area contributed by atoms with Crippen molar-refractivity contribution in [3.05, 3.63) is 23.8 Å². The summed E-state index contributed by atoms with van der Waals surface area (Å²) in [5.74, 6) is 1.33. The second-order valence-electron chi connectivity index (χ2n) is 5.37. The summed E-state index contributed by atoms with van der Waals surface area (Å²) in [4.78, 5) is 11.7. The van der Waals surface area contributed by atoms with Crippen LogP contribution in [0.4, 0.5) is 0 Å². The Morgan fingerprint density at radius 2 is 1.81 bits per heavy atom. The molecule has 0 aromatic heterocycles. The highest BCUT2D eigenvalue weighted by Gasteiger charge is 2.20. The topological polar surface area (TPSA) is 73.6 Å². The van der Waals surface area contributed by atoms with Crippen molar-refractivity contribution in [2.24, 2.45) is 5.73 Å². The molecule has 118 valence electrons. The molecule has 0 saturated carbocycles. The second kappa shape index (κ2) is 7.88. The predicted molar refractivity (Wildman–Crippen MR) is 83.8 cm³/mol. The number of amides is 1. The van der Waals surface area contributed by atoms with Crippen LogP contribution in [0.15, 0.2) is 18.2 Å². The van der Waals surface area contributed by atoms with Crippen molar-refractivity contribution in [1.29, 1.82) is 0 Å². The number of nitrogens with two attached hydrogens (primary N) is 1. The minimum atomic E-state index is -0.852. The summed E-state index contributed by atoms with van der Waals surface area (Å²) >= 11 is 0. The fourth-order valence-corrected chi connectivity index (χ4v) is 1.80. The van der Waals surface area contributed by atoms with Crippen molar-refractivity contribution in [3.63, 3.8) is 0 Å². The van der Waals surface area contributed by atoms with Crippen molar-refractivity contribution in [1.82, 2.24) is 5.32 Å². The molecule has 0 atom stereocenters. The zero-order valence-corrected chi connectivity index (χ0v) is 13.4. The maximum atomic E-state index is 11.7. The highest BCUT2D eigenvalue weighted by molar-refractivity contribution is 5.84. The summed E-state index contributed by atoms with van der Waals surface area (Å²) in [7, 11) is 0. The maximum absolute atomic E-state index is 11.7. The molecule has 0 heterocycles.